The van der Waals surface area contributed by atoms with Crippen LogP contribution in [0.2, 0.25) is 0 Å². The molecule has 3 aromatic carbocycles. The van der Waals surface area contributed by atoms with Crippen molar-refractivity contribution in [3.8, 4) is 0 Å². The second-order valence-corrected chi connectivity index (χ2v) is 10.8. The molecule has 2 heterocycles. The first kappa shape index (κ1) is 20.9. The van der Waals surface area contributed by atoms with Crippen LogP contribution in [0.1, 0.15) is 31.2 Å². The fourth-order valence-corrected chi connectivity index (χ4v) is 6.70. The third kappa shape index (κ3) is 4.62. The fourth-order valence-electron chi connectivity index (χ4n) is 5.29. The molecule has 2 fully saturated rings. The lowest BCUT2D eigenvalue weighted by Crippen LogP contribution is -2.38. The Morgan fingerprint density at radius 1 is 0.871 bits per heavy atom. The zero-order valence-corrected chi connectivity index (χ0v) is 19.1. The maximum atomic E-state index is 13.3. The standard InChI is InChI=1S/C27H32N2OS/c1-21-18-29(31(30)27-12-11-23-9-5-6-10-25(23)17-27)20-26(21)19-28-15-13-24(14-16-28)22-7-3-2-4-8-22/h2-12,17,21,24,26H,13-16,18-20H2,1H3/t21?,26-,31?/m0/s1. The first-order chi connectivity index (χ1) is 15.2. The van der Waals surface area contributed by atoms with Crippen LogP contribution in [-0.2, 0) is 11.0 Å². The molecule has 2 unspecified atom stereocenters. The summed E-state index contributed by atoms with van der Waals surface area (Å²) in [6, 6.07) is 25.5. The Hall–Kier alpha value is -2.01. The zero-order chi connectivity index (χ0) is 21.2. The lowest BCUT2D eigenvalue weighted by atomic mass is 9.88. The van der Waals surface area contributed by atoms with Gasteiger partial charge in [0.15, 0.2) is 0 Å². The topological polar surface area (TPSA) is 23.6 Å². The van der Waals surface area contributed by atoms with E-state index in [-0.39, 0.29) is 0 Å². The Bertz CT molecular complexity index is 1050. The molecular formula is C27H32N2OS. The monoisotopic (exact) mass is 432 g/mol. The molecule has 3 aromatic rings. The highest BCUT2D eigenvalue weighted by Crippen LogP contribution is 2.32. The van der Waals surface area contributed by atoms with Gasteiger partial charge in [-0.05, 0) is 72.2 Å². The summed E-state index contributed by atoms with van der Waals surface area (Å²) in [5.41, 5.74) is 1.49. The Balaban J connectivity index is 1.18. The average molecular weight is 433 g/mol. The van der Waals surface area contributed by atoms with E-state index in [1.165, 1.54) is 42.3 Å². The predicted octanol–water partition coefficient (Wildman–Crippen LogP) is 5.31. The summed E-state index contributed by atoms with van der Waals surface area (Å²) in [6.07, 6.45) is 2.50. The molecule has 0 N–H and O–H groups in total. The Kier molecular flexibility index (Phi) is 6.22. The maximum Gasteiger partial charge on any atom is 0.127 e. The molecule has 3 nitrogen and oxygen atoms in total. The van der Waals surface area contributed by atoms with Gasteiger partial charge in [0.2, 0.25) is 0 Å². The molecule has 0 aromatic heterocycles. The lowest BCUT2D eigenvalue weighted by Gasteiger charge is -2.34. The SMILES string of the molecule is CC1CN(S(=O)c2ccc3ccccc3c2)C[C@@H]1CN1CCC(c2ccccc2)CC1. The number of benzene rings is 3. The van der Waals surface area contributed by atoms with Crippen molar-refractivity contribution in [2.24, 2.45) is 11.8 Å². The van der Waals surface area contributed by atoms with Crippen molar-refractivity contribution in [3.05, 3.63) is 78.4 Å². The van der Waals surface area contributed by atoms with Crippen molar-refractivity contribution in [2.75, 3.05) is 32.7 Å². The summed E-state index contributed by atoms with van der Waals surface area (Å²) >= 11 is 0. The smallest absolute Gasteiger partial charge is 0.127 e. The van der Waals surface area contributed by atoms with Crippen molar-refractivity contribution in [1.82, 2.24) is 9.21 Å². The van der Waals surface area contributed by atoms with Gasteiger partial charge >= 0.3 is 0 Å². The van der Waals surface area contributed by atoms with Crippen LogP contribution in [0.5, 0.6) is 0 Å². The van der Waals surface area contributed by atoms with Gasteiger partial charge < -0.3 is 4.90 Å². The van der Waals surface area contributed by atoms with Crippen molar-refractivity contribution in [3.63, 3.8) is 0 Å². The molecule has 162 valence electrons. The lowest BCUT2D eigenvalue weighted by molar-refractivity contribution is 0.174. The van der Waals surface area contributed by atoms with E-state index in [1.807, 2.05) is 18.2 Å². The molecule has 0 bridgehead atoms. The number of nitrogens with zero attached hydrogens (tertiary/aromatic N) is 2. The van der Waals surface area contributed by atoms with Gasteiger partial charge in [-0.2, -0.15) is 0 Å². The molecule has 4 heteroatoms. The van der Waals surface area contributed by atoms with E-state index in [9.17, 15) is 4.21 Å². The number of fused-ring (bicyclic) bond motifs is 1. The molecule has 2 saturated heterocycles. The Morgan fingerprint density at radius 3 is 2.35 bits per heavy atom. The molecule has 0 spiro atoms. The molecule has 3 atom stereocenters. The predicted molar refractivity (Wildman–Crippen MR) is 129 cm³/mol. The van der Waals surface area contributed by atoms with Gasteiger partial charge in [-0.15, -0.1) is 0 Å². The van der Waals surface area contributed by atoms with E-state index in [4.69, 9.17) is 0 Å². The molecule has 0 aliphatic carbocycles. The van der Waals surface area contributed by atoms with Crippen molar-refractivity contribution in [1.29, 1.82) is 0 Å². The zero-order valence-electron chi connectivity index (χ0n) is 18.3. The van der Waals surface area contributed by atoms with Crippen molar-refractivity contribution >= 4 is 21.8 Å². The largest absolute Gasteiger partial charge is 0.303 e. The van der Waals surface area contributed by atoms with Crippen LogP contribution in [0, 0.1) is 11.8 Å². The second kappa shape index (κ2) is 9.23. The number of rotatable bonds is 5. The van der Waals surface area contributed by atoms with Gasteiger partial charge in [0.25, 0.3) is 0 Å². The molecule has 5 rings (SSSR count). The quantitative estimate of drug-likeness (QED) is 0.545. The fraction of sp³-hybridized carbons (Fsp3) is 0.407. The first-order valence-electron chi connectivity index (χ1n) is 11.6. The van der Waals surface area contributed by atoms with E-state index in [2.05, 4.69) is 70.7 Å². The minimum Gasteiger partial charge on any atom is -0.303 e. The summed E-state index contributed by atoms with van der Waals surface area (Å²) in [7, 11) is -1.08. The minimum atomic E-state index is -1.08. The van der Waals surface area contributed by atoms with Crippen LogP contribution >= 0.6 is 0 Å². The minimum absolute atomic E-state index is 0.580. The molecule has 0 saturated carbocycles. The van der Waals surface area contributed by atoms with Gasteiger partial charge in [-0.3, -0.25) is 0 Å². The highest BCUT2D eigenvalue weighted by atomic mass is 32.2. The van der Waals surface area contributed by atoms with Gasteiger partial charge in [-0.25, -0.2) is 8.51 Å². The van der Waals surface area contributed by atoms with E-state index in [0.717, 1.165) is 24.5 Å². The summed E-state index contributed by atoms with van der Waals surface area (Å²) in [6.45, 7) is 7.67. The van der Waals surface area contributed by atoms with E-state index < -0.39 is 11.0 Å². The van der Waals surface area contributed by atoms with Gasteiger partial charge in [0.05, 0.1) is 4.90 Å². The molecule has 2 aliphatic heterocycles. The summed E-state index contributed by atoms with van der Waals surface area (Å²) in [5, 5.41) is 2.37. The van der Waals surface area contributed by atoms with E-state index in [0.29, 0.717) is 17.8 Å². The van der Waals surface area contributed by atoms with Crippen LogP contribution < -0.4 is 0 Å². The molecule has 31 heavy (non-hydrogen) atoms. The van der Waals surface area contributed by atoms with Gasteiger partial charge in [0.1, 0.15) is 11.0 Å². The highest BCUT2D eigenvalue weighted by molar-refractivity contribution is 7.82. The van der Waals surface area contributed by atoms with Crippen LogP contribution in [0.25, 0.3) is 10.8 Å². The summed E-state index contributed by atoms with van der Waals surface area (Å²) < 4.78 is 15.5. The molecule has 0 radical (unpaired) electrons. The summed E-state index contributed by atoms with van der Waals surface area (Å²) in [4.78, 5) is 3.57. The second-order valence-electron chi connectivity index (χ2n) is 9.33. The molecular weight excluding hydrogens is 400 g/mol. The van der Waals surface area contributed by atoms with Crippen LogP contribution in [-0.4, -0.2) is 46.1 Å². The van der Waals surface area contributed by atoms with E-state index in [1.54, 1.807) is 0 Å². The van der Waals surface area contributed by atoms with Crippen molar-refractivity contribution < 1.29 is 4.21 Å². The third-order valence-electron chi connectivity index (χ3n) is 7.24. The van der Waals surface area contributed by atoms with E-state index >= 15 is 0 Å². The molecule has 0 amide bonds. The van der Waals surface area contributed by atoms with Crippen molar-refractivity contribution in [2.45, 2.75) is 30.6 Å². The highest BCUT2D eigenvalue weighted by Gasteiger charge is 2.35. The van der Waals surface area contributed by atoms with Gasteiger partial charge in [0, 0.05) is 19.6 Å². The average Bonchev–Trinajstić information content (AvgIpc) is 3.19. The summed E-state index contributed by atoms with van der Waals surface area (Å²) in [5.74, 6) is 1.88. The van der Waals surface area contributed by atoms with Crippen LogP contribution in [0.15, 0.2) is 77.7 Å². The Labute approximate surface area is 188 Å². The van der Waals surface area contributed by atoms with Crippen LogP contribution in [0.4, 0.5) is 0 Å². The Morgan fingerprint density at radius 2 is 1.58 bits per heavy atom. The maximum absolute atomic E-state index is 13.3. The van der Waals surface area contributed by atoms with Crippen LogP contribution in [0.3, 0.4) is 0 Å². The first-order valence-corrected chi connectivity index (χ1v) is 12.7. The number of hydrogen-bond donors (Lipinski definition) is 0. The molecule has 2 aliphatic rings. The normalized spacial score (nSPS) is 24.5. The number of likely N-dealkylation sites (tertiary alicyclic amines) is 1. The third-order valence-corrected chi connectivity index (χ3v) is 8.67. The van der Waals surface area contributed by atoms with Gasteiger partial charge in [-0.1, -0.05) is 67.6 Å². The number of piperidine rings is 1. The number of hydrogen-bond acceptors (Lipinski definition) is 2.